The largest absolute Gasteiger partial charge is 0.396 e. The molecule has 0 unspecified atom stereocenters. The van der Waals surface area contributed by atoms with Crippen molar-refractivity contribution < 1.29 is 24.3 Å². The highest BCUT2D eigenvalue weighted by molar-refractivity contribution is 6.23. The first-order chi connectivity index (χ1) is 14.5. The smallest absolute Gasteiger partial charge is 0.262 e. The number of carbonyl (C=O) groups is 4. The van der Waals surface area contributed by atoms with Crippen molar-refractivity contribution in [2.75, 3.05) is 18.5 Å². The van der Waals surface area contributed by atoms with E-state index < -0.39 is 29.7 Å². The molecule has 0 spiro atoms. The molecule has 0 saturated carbocycles. The molecule has 2 aromatic carbocycles. The number of benzene rings is 2. The molecule has 156 valence electrons. The topological polar surface area (TPSA) is 116 Å². The molecular formula is C22H23N3O5. The van der Waals surface area contributed by atoms with Crippen LogP contribution >= 0.6 is 0 Å². The summed E-state index contributed by atoms with van der Waals surface area (Å²) in [5.74, 6) is -1.96. The lowest BCUT2D eigenvalue weighted by Gasteiger charge is -2.24. The first kappa shape index (κ1) is 21.2. The van der Waals surface area contributed by atoms with E-state index in [1.54, 1.807) is 55.5 Å². The van der Waals surface area contributed by atoms with Crippen LogP contribution in [0.2, 0.25) is 0 Å². The van der Waals surface area contributed by atoms with Crippen molar-refractivity contribution in [2.45, 2.75) is 25.8 Å². The van der Waals surface area contributed by atoms with Gasteiger partial charge in [-0.15, -0.1) is 0 Å². The number of nitrogens with one attached hydrogen (secondary N) is 2. The summed E-state index contributed by atoms with van der Waals surface area (Å²) in [7, 11) is 0. The summed E-state index contributed by atoms with van der Waals surface area (Å²) >= 11 is 0. The van der Waals surface area contributed by atoms with Gasteiger partial charge >= 0.3 is 0 Å². The second kappa shape index (κ2) is 9.32. The van der Waals surface area contributed by atoms with Gasteiger partial charge in [0.1, 0.15) is 6.04 Å². The predicted molar refractivity (Wildman–Crippen MR) is 110 cm³/mol. The van der Waals surface area contributed by atoms with Crippen molar-refractivity contribution in [3.05, 3.63) is 65.2 Å². The van der Waals surface area contributed by atoms with E-state index in [2.05, 4.69) is 10.6 Å². The Morgan fingerprint density at radius 1 is 1.00 bits per heavy atom. The molecule has 8 heteroatoms. The minimum Gasteiger partial charge on any atom is -0.396 e. The number of hydrogen-bond donors (Lipinski definition) is 3. The number of aliphatic hydroxyl groups excluding tert-OH is 1. The minimum atomic E-state index is -1.01. The SMILES string of the molecule is CC[C@H](C(=O)Nc1ccccc1C(=O)NCCCO)N1C(=O)c2ccccc2C1=O. The third-order valence-corrected chi connectivity index (χ3v) is 4.88. The number of fused-ring (bicyclic) bond motifs is 1. The summed E-state index contributed by atoms with van der Waals surface area (Å²) in [6, 6.07) is 11.9. The summed E-state index contributed by atoms with van der Waals surface area (Å²) in [5, 5.41) is 14.2. The lowest BCUT2D eigenvalue weighted by molar-refractivity contribution is -0.120. The Kier molecular flexibility index (Phi) is 6.58. The van der Waals surface area contributed by atoms with Gasteiger partial charge in [0.25, 0.3) is 17.7 Å². The number of aliphatic hydroxyl groups is 1. The molecule has 0 aromatic heterocycles. The predicted octanol–water partition coefficient (Wildman–Crippen LogP) is 1.81. The zero-order valence-electron chi connectivity index (χ0n) is 16.6. The summed E-state index contributed by atoms with van der Waals surface area (Å²) in [5.41, 5.74) is 1.08. The van der Waals surface area contributed by atoms with Crippen molar-refractivity contribution >= 4 is 29.3 Å². The maximum atomic E-state index is 13.0. The molecule has 0 saturated heterocycles. The summed E-state index contributed by atoms with van der Waals surface area (Å²) in [6.45, 7) is 1.96. The maximum absolute atomic E-state index is 13.0. The molecule has 0 radical (unpaired) electrons. The van der Waals surface area contributed by atoms with Gasteiger partial charge in [-0.1, -0.05) is 31.2 Å². The van der Waals surface area contributed by atoms with Crippen LogP contribution in [0.15, 0.2) is 48.5 Å². The number of amides is 4. The Labute approximate surface area is 173 Å². The summed E-state index contributed by atoms with van der Waals surface area (Å²) in [4.78, 5) is 51.8. The molecule has 3 rings (SSSR count). The molecule has 1 atom stereocenters. The number of nitrogens with zero attached hydrogens (tertiary/aromatic N) is 1. The molecule has 0 fully saturated rings. The number of anilines is 1. The average molecular weight is 409 g/mol. The zero-order valence-corrected chi connectivity index (χ0v) is 16.6. The number of imide groups is 1. The first-order valence-corrected chi connectivity index (χ1v) is 9.75. The molecule has 2 aromatic rings. The molecule has 1 aliphatic heterocycles. The van der Waals surface area contributed by atoms with E-state index in [0.29, 0.717) is 13.0 Å². The average Bonchev–Trinajstić information content (AvgIpc) is 3.00. The van der Waals surface area contributed by atoms with Gasteiger partial charge in [0.2, 0.25) is 5.91 Å². The lowest BCUT2D eigenvalue weighted by Crippen LogP contribution is -2.47. The van der Waals surface area contributed by atoms with E-state index in [1.165, 1.54) is 0 Å². The molecule has 1 heterocycles. The second-order valence-electron chi connectivity index (χ2n) is 6.82. The number of rotatable bonds is 8. The monoisotopic (exact) mass is 409 g/mol. The normalized spacial score (nSPS) is 13.7. The first-order valence-electron chi connectivity index (χ1n) is 9.75. The Balaban J connectivity index is 1.80. The van der Waals surface area contributed by atoms with Crippen molar-refractivity contribution in [3.8, 4) is 0 Å². The van der Waals surface area contributed by atoms with Crippen LogP contribution in [0, 0.1) is 0 Å². The third kappa shape index (κ3) is 4.08. The van der Waals surface area contributed by atoms with Gasteiger partial charge < -0.3 is 15.7 Å². The van der Waals surface area contributed by atoms with Crippen molar-refractivity contribution in [2.24, 2.45) is 0 Å². The minimum absolute atomic E-state index is 0.0445. The van der Waals surface area contributed by atoms with E-state index in [0.717, 1.165) is 4.90 Å². The van der Waals surface area contributed by atoms with E-state index in [9.17, 15) is 19.2 Å². The number of hydrogen-bond acceptors (Lipinski definition) is 5. The van der Waals surface area contributed by atoms with Crippen LogP contribution in [0.4, 0.5) is 5.69 Å². The van der Waals surface area contributed by atoms with E-state index in [4.69, 9.17) is 5.11 Å². The standard InChI is InChI=1S/C22H23N3O5/c1-2-18(25-21(29)14-8-3-4-9-15(14)22(25)30)20(28)24-17-11-6-5-10-16(17)19(27)23-12-7-13-26/h3-6,8-11,18,26H,2,7,12-13H2,1H3,(H,23,27)(H,24,28)/t18-/m1/s1. The van der Waals surface area contributed by atoms with Crippen molar-refractivity contribution in [1.82, 2.24) is 10.2 Å². The summed E-state index contributed by atoms with van der Waals surface area (Å²) in [6.07, 6.45) is 0.639. The molecule has 1 aliphatic rings. The van der Waals surface area contributed by atoms with Crippen molar-refractivity contribution in [3.63, 3.8) is 0 Å². The highest BCUT2D eigenvalue weighted by Gasteiger charge is 2.42. The fraction of sp³-hybridized carbons (Fsp3) is 0.273. The Morgan fingerprint density at radius 2 is 1.60 bits per heavy atom. The van der Waals surface area contributed by atoms with E-state index in [-0.39, 0.29) is 35.4 Å². The van der Waals surface area contributed by atoms with Crippen LogP contribution < -0.4 is 10.6 Å². The highest BCUT2D eigenvalue weighted by atomic mass is 16.3. The van der Waals surface area contributed by atoms with Gasteiger partial charge in [0, 0.05) is 13.2 Å². The Bertz CT molecular complexity index is 953. The van der Waals surface area contributed by atoms with Gasteiger partial charge in [0.15, 0.2) is 0 Å². The van der Waals surface area contributed by atoms with Crippen LogP contribution in [0.3, 0.4) is 0 Å². The molecule has 30 heavy (non-hydrogen) atoms. The Hall–Kier alpha value is -3.52. The molecule has 0 bridgehead atoms. The van der Waals surface area contributed by atoms with Crippen molar-refractivity contribution in [1.29, 1.82) is 0 Å². The molecule has 8 nitrogen and oxygen atoms in total. The van der Waals surface area contributed by atoms with Gasteiger partial charge in [-0.2, -0.15) is 0 Å². The second-order valence-corrected chi connectivity index (χ2v) is 6.82. The molecular weight excluding hydrogens is 386 g/mol. The Morgan fingerprint density at radius 3 is 2.20 bits per heavy atom. The summed E-state index contributed by atoms with van der Waals surface area (Å²) < 4.78 is 0. The van der Waals surface area contributed by atoms with Gasteiger partial charge in [-0.3, -0.25) is 24.1 Å². The quantitative estimate of drug-likeness (QED) is 0.454. The maximum Gasteiger partial charge on any atom is 0.262 e. The van der Waals surface area contributed by atoms with Crippen LogP contribution in [0.5, 0.6) is 0 Å². The van der Waals surface area contributed by atoms with E-state index >= 15 is 0 Å². The lowest BCUT2D eigenvalue weighted by atomic mass is 10.1. The van der Waals surface area contributed by atoms with Crippen LogP contribution in [0.25, 0.3) is 0 Å². The van der Waals surface area contributed by atoms with Gasteiger partial charge in [-0.05, 0) is 37.1 Å². The molecule has 0 aliphatic carbocycles. The molecule has 4 amide bonds. The fourth-order valence-corrected chi connectivity index (χ4v) is 3.36. The van der Waals surface area contributed by atoms with Crippen LogP contribution in [-0.4, -0.2) is 52.8 Å². The van der Waals surface area contributed by atoms with E-state index in [1.807, 2.05) is 0 Å². The highest BCUT2D eigenvalue weighted by Crippen LogP contribution is 2.26. The van der Waals surface area contributed by atoms with Crippen LogP contribution in [-0.2, 0) is 4.79 Å². The zero-order chi connectivity index (χ0) is 21.7. The third-order valence-electron chi connectivity index (χ3n) is 4.88. The number of carbonyl (C=O) groups excluding carboxylic acids is 4. The molecule has 3 N–H and O–H groups in total. The van der Waals surface area contributed by atoms with Gasteiger partial charge in [-0.25, -0.2) is 0 Å². The van der Waals surface area contributed by atoms with Gasteiger partial charge in [0.05, 0.1) is 22.4 Å². The fourth-order valence-electron chi connectivity index (χ4n) is 3.36. The van der Waals surface area contributed by atoms with Crippen LogP contribution in [0.1, 0.15) is 50.8 Å². The number of para-hydroxylation sites is 1.